The molecule has 3 rings (SSSR count). The predicted molar refractivity (Wildman–Crippen MR) is 116 cm³/mol. The van der Waals surface area contributed by atoms with Crippen LogP contribution in [0.1, 0.15) is 32.8 Å². The van der Waals surface area contributed by atoms with Crippen LogP contribution in [0.2, 0.25) is 0 Å². The summed E-state index contributed by atoms with van der Waals surface area (Å²) < 4.78 is 33.3. The summed E-state index contributed by atoms with van der Waals surface area (Å²) in [6, 6.07) is 3.05. The molecule has 0 bridgehead atoms. The number of halogens is 2. The predicted octanol–water partition coefficient (Wildman–Crippen LogP) is 0.865. The van der Waals surface area contributed by atoms with E-state index in [1.54, 1.807) is 12.1 Å². The van der Waals surface area contributed by atoms with Gasteiger partial charge in [0.15, 0.2) is 17.2 Å². The lowest BCUT2D eigenvalue weighted by Crippen LogP contribution is -2.56. The zero-order valence-electron chi connectivity index (χ0n) is 18.4. The van der Waals surface area contributed by atoms with Crippen molar-refractivity contribution in [3.8, 4) is 5.75 Å². The molecule has 0 unspecified atom stereocenters. The molecular formula is C22H26F2N4O5. The van der Waals surface area contributed by atoms with E-state index in [9.17, 15) is 28.3 Å². The van der Waals surface area contributed by atoms with Gasteiger partial charge in [0.05, 0.1) is 12.2 Å². The number of hydrogen-bond acceptors (Lipinski definition) is 7. The van der Waals surface area contributed by atoms with Crippen LogP contribution in [-0.4, -0.2) is 73.4 Å². The number of carbonyl (C=O) groups excluding carboxylic acids is 2. The third kappa shape index (κ3) is 5.20. The third-order valence-electron chi connectivity index (χ3n) is 5.42. The standard InChI is InChI=1S/C22H26F2N4O5/c1-25-7-8-27-13-26(9-10-33-2)22(32)19-21(31)20(30)16(12-28(19)27)18(29)6-4-14-3-5-15(23)11-17(14)24/h3,5,11-12,25,31H,4,6-10,13H2,1-2H3. The summed E-state index contributed by atoms with van der Waals surface area (Å²) in [6.45, 7) is 1.63. The summed E-state index contributed by atoms with van der Waals surface area (Å²) in [5.74, 6) is -3.53. The Morgan fingerprint density at radius 3 is 2.67 bits per heavy atom. The largest absolute Gasteiger partial charge is 0.502 e. The Labute approximate surface area is 189 Å². The van der Waals surface area contributed by atoms with Crippen molar-refractivity contribution in [2.45, 2.75) is 12.8 Å². The van der Waals surface area contributed by atoms with Crippen LogP contribution >= 0.6 is 0 Å². The van der Waals surface area contributed by atoms with E-state index in [0.29, 0.717) is 13.1 Å². The first kappa shape index (κ1) is 24.3. The Morgan fingerprint density at radius 1 is 1.24 bits per heavy atom. The van der Waals surface area contributed by atoms with Crippen molar-refractivity contribution in [1.82, 2.24) is 14.9 Å². The van der Waals surface area contributed by atoms with Crippen molar-refractivity contribution in [2.24, 2.45) is 0 Å². The lowest BCUT2D eigenvalue weighted by Gasteiger charge is -2.39. The Morgan fingerprint density at radius 2 is 2.00 bits per heavy atom. The fourth-order valence-electron chi connectivity index (χ4n) is 3.59. The number of aromatic nitrogens is 1. The van der Waals surface area contributed by atoms with E-state index >= 15 is 0 Å². The van der Waals surface area contributed by atoms with Crippen LogP contribution < -0.4 is 15.8 Å². The molecule has 0 saturated carbocycles. The molecule has 0 atom stereocenters. The Kier molecular flexibility index (Phi) is 7.77. The summed E-state index contributed by atoms with van der Waals surface area (Å²) in [7, 11) is 3.25. The molecule has 0 saturated heterocycles. The summed E-state index contributed by atoms with van der Waals surface area (Å²) in [4.78, 5) is 39.9. The monoisotopic (exact) mass is 464 g/mol. The molecule has 9 nitrogen and oxygen atoms in total. The zero-order valence-corrected chi connectivity index (χ0v) is 18.4. The molecule has 11 heteroatoms. The first-order chi connectivity index (χ1) is 15.8. The second-order valence-electron chi connectivity index (χ2n) is 7.61. The molecule has 2 N–H and O–H groups in total. The normalized spacial score (nSPS) is 13.4. The number of carbonyl (C=O) groups is 2. The third-order valence-corrected chi connectivity index (χ3v) is 5.42. The van der Waals surface area contributed by atoms with Crippen LogP contribution in [-0.2, 0) is 11.2 Å². The average Bonchev–Trinajstić information content (AvgIpc) is 2.79. The number of Topliss-reactive ketones (excluding diaryl/α,β-unsaturated/α-hetero) is 1. The molecule has 1 aliphatic rings. The van der Waals surface area contributed by atoms with Gasteiger partial charge in [-0.1, -0.05) is 6.07 Å². The average molecular weight is 464 g/mol. The summed E-state index contributed by atoms with van der Waals surface area (Å²) in [5.41, 5.74) is -1.39. The molecule has 1 aromatic carbocycles. The Hall–Kier alpha value is -3.31. The number of nitrogens with zero attached hydrogens (tertiary/aromatic N) is 3. The number of rotatable bonds is 10. The van der Waals surface area contributed by atoms with Crippen molar-refractivity contribution in [3.05, 3.63) is 63.1 Å². The lowest BCUT2D eigenvalue weighted by molar-refractivity contribution is 0.0622. The van der Waals surface area contributed by atoms with Crippen LogP contribution in [0.25, 0.3) is 0 Å². The van der Waals surface area contributed by atoms with Gasteiger partial charge in [-0.15, -0.1) is 0 Å². The number of aryl methyl sites for hydroxylation is 1. The number of benzene rings is 1. The second kappa shape index (κ2) is 10.5. The van der Waals surface area contributed by atoms with Crippen molar-refractivity contribution in [2.75, 3.05) is 52.1 Å². The van der Waals surface area contributed by atoms with Gasteiger partial charge in [-0.2, -0.15) is 0 Å². The van der Waals surface area contributed by atoms with Gasteiger partial charge in [-0.05, 0) is 25.1 Å². The van der Waals surface area contributed by atoms with Crippen LogP contribution in [0.5, 0.6) is 5.75 Å². The summed E-state index contributed by atoms with van der Waals surface area (Å²) in [6.07, 6.45) is 0.947. The second-order valence-corrected chi connectivity index (χ2v) is 7.61. The number of hydrogen-bond donors (Lipinski definition) is 2. The molecule has 178 valence electrons. The van der Waals surface area contributed by atoms with E-state index in [-0.39, 0.29) is 49.5 Å². The number of ether oxygens (including phenoxy) is 1. The summed E-state index contributed by atoms with van der Waals surface area (Å²) in [5, 5.41) is 15.3. The number of fused-ring (bicyclic) bond motifs is 1. The van der Waals surface area contributed by atoms with Gasteiger partial charge in [0.2, 0.25) is 5.43 Å². The van der Waals surface area contributed by atoms with Gasteiger partial charge in [0, 0.05) is 45.4 Å². The number of methoxy groups -OCH3 is 1. The van der Waals surface area contributed by atoms with Gasteiger partial charge >= 0.3 is 0 Å². The molecule has 2 heterocycles. The highest BCUT2D eigenvalue weighted by Crippen LogP contribution is 2.22. The lowest BCUT2D eigenvalue weighted by atomic mass is 10.0. The van der Waals surface area contributed by atoms with Gasteiger partial charge < -0.3 is 20.1 Å². The van der Waals surface area contributed by atoms with Crippen molar-refractivity contribution >= 4 is 11.7 Å². The van der Waals surface area contributed by atoms with E-state index in [2.05, 4.69) is 5.32 Å². The number of aromatic hydroxyl groups is 1. The van der Waals surface area contributed by atoms with Crippen LogP contribution in [0.4, 0.5) is 8.78 Å². The molecule has 1 aliphatic heterocycles. The molecule has 1 amide bonds. The Bertz CT molecular complexity index is 1100. The molecule has 0 fully saturated rings. The first-order valence-corrected chi connectivity index (χ1v) is 10.4. The van der Waals surface area contributed by atoms with E-state index in [1.165, 1.54) is 28.9 Å². The maximum atomic E-state index is 13.9. The molecule has 0 aliphatic carbocycles. The number of likely N-dealkylation sites (N-methyl/N-ethyl adjacent to an activating group) is 1. The minimum absolute atomic E-state index is 0.0555. The van der Waals surface area contributed by atoms with E-state index in [0.717, 1.165) is 12.1 Å². The molecule has 33 heavy (non-hydrogen) atoms. The SMILES string of the molecule is CNCCN1CN(CCOC)C(=O)c2c(O)c(=O)c(C(=O)CCc3ccc(F)cc3F)cn21. The number of ketones is 1. The zero-order chi connectivity index (χ0) is 24.1. The number of nitrogens with one attached hydrogen (secondary N) is 1. The van der Waals surface area contributed by atoms with Gasteiger partial charge in [-0.3, -0.25) is 24.1 Å². The highest BCUT2D eigenvalue weighted by molar-refractivity contribution is 6.00. The smallest absolute Gasteiger partial charge is 0.277 e. The maximum Gasteiger partial charge on any atom is 0.277 e. The van der Waals surface area contributed by atoms with E-state index in [4.69, 9.17) is 4.74 Å². The van der Waals surface area contributed by atoms with Gasteiger partial charge in [0.1, 0.15) is 18.3 Å². The van der Waals surface area contributed by atoms with Crippen LogP contribution in [0, 0.1) is 11.6 Å². The van der Waals surface area contributed by atoms with Crippen molar-refractivity contribution < 1.29 is 28.2 Å². The number of amides is 1. The molecule has 1 aromatic heterocycles. The van der Waals surface area contributed by atoms with E-state index in [1.807, 2.05) is 0 Å². The van der Waals surface area contributed by atoms with Crippen molar-refractivity contribution in [1.29, 1.82) is 0 Å². The molecule has 0 radical (unpaired) electrons. The Balaban J connectivity index is 1.93. The van der Waals surface area contributed by atoms with Crippen LogP contribution in [0.3, 0.4) is 0 Å². The fourth-order valence-corrected chi connectivity index (χ4v) is 3.59. The van der Waals surface area contributed by atoms with Crippen molar-refractivity contribution in [3.63, 3.8) is 0 Å². The highest BCUT2D eigenvalue weighted by Gasteiger charge is 2.34. The fraction of sp³-hybridized carbons (Fsp3) is 0.409. The van der Waals surface area contributed by atoms with Gasteiger partial charge in [0.25, 0.3) is 5.91 Å². The number of pyridine rings is 1. The maximum absolute atomic E-state index is 13.9. The summed E-state index contributed by atoms with van der Waals surface area (Å²) >= 11 is 0. The first-order valence-electron chi connectivity index (χ1n) is 10.4. The topological polar surface area (TPSA) is 104 Å². The minimum Gasteiger partial charge on any atom is -0.502 e. The quantitative estimate of drug-likeness (QED) is 0.503. The van der Waals surface area contributed by atoms with Gasteiger partial charge in [-0.25, -0.2) is 8.78 Å². The van der Waals surface area contributed by atoms with E-state index < -0.39 is 34.5 Å². The minimum atomic E-state index is -0.971. The molecule has 2 aromatic rings. The molecular weight excluding hydrogens is 438 g/mol. The van der Waals surface area contributed by atoms with Crippen LogP contribution in [0.15, 0.2) is 29.2 Å². The molecule has 0 spiro atoms. The highest BCUT2D eigenvalue weighted by atomic mass is 19.1.